The molecule has 1 aromatic heterocycles. The highest BCUT2D eigenvalue weighted by Gasteiger charge is 2.23. The van der Waals surface area contributed by atoms with Crippen molar-refractivity contribution in [2.24, 2.45) is 0 Å². The van der Waals surface area contributed by atoms with E-state index in [2.05, 4.69) is 54.0 Å². The van der Waals surface area contributed by atoms with E-state index in [9.17, 15) is 0 Å². The molecule has 2 aromatic rings. The first-order valence-electron chi connectivity index (χ1n) is 7.60. The summed E-state index contributed by atoms with van der Waals surface area (Å²) >= 11 is 1.87. The zero-order valence-electron chi connectivity index (χ0n) is 12.4. The van der Waals surface area contributed by atoms with Crippen LogP contribution in [0.3, 0.4) is 0 Å². The minimum Gasteiger partial charge on any atom is -0.317 e. The quantitative estimate of drug-likeness (QED) is 0.919. The Kier molecular flexibility index (Phi) is 4.39. The average molecular weight is 288 g/mol. The van der Waals surface area contributed by atoms with Gasteiger partial charge in [0.2, 0.25) is 0 Å². The first kappa shape index (κ1) is 14.1. The number of thiophene rings is 1. The predicted octanol–water partition coefficient (Wildman–Crippen LogP) is 3.86. The summed E-state index contributed by atoms with van der Waals surface area (Å²) in [6.45, 7) is 1.08. The zero-order chi connectivity index (χ0) is 13.9. The summed E-state index contributed by atoms with van der Waals surface area (Å²) in [5.74, 6) is 0. The molecule has 3 rings (SSSR count). The average Bonchev–Trinajstić information content (AvgIpc) is 2.91. The highest BCUT2D eigenvalue weighted by Crippen LogP contribution is 2.29. The Hall–Kier alpha value is -0.900. The summed E-state index contributed by atoms with van der Waals surface area (Å²) in [6.07, 6.45) is 5.28. The van der Waals surface area contributed by atoms with Crippen molar-refractivity contribution < 1.29 is 0 Å². The maximum absolute atomic E-state index is 3.42. The Bertz CT molecular complexity index is 555. The Morgan fingerprint density at radius 2 is 1.95 bits per heavy atom. The summed E-state index contributed by atoms with van der Waals surface area (Å²) in [7, 11) is 4.38. The van der Waals surface area contributed by atoms with Crippen molar-refractivity contribution in [2.45, 2.75) is 44.3 Å². The monoisotopic (exact) mass is 288 g/mol. The van der Waals surface area contributed by atoms with Crippen LogP contribution in [0.5, 0.6) is 0 Å². The molecular weight excluding hydrogens is 264 g/mol. The van der Waals surface area contributed by atoms with E-state index in [-0.39, 0.29) is 0 Å². The summed E-state index contributed by atoms with van der Waals surface area (Å²) in [4.78, 5) is 2.56. The first-order chi connectivity index (χ1) is 9.78. The predicted molar refractivity (Wildman–Crippen MR) is 88.4 cm³/mol. The number of hydrogen-bond donors (Lipinski definition) is 1. The molecule has 3 heteroatoms. The van der Waals surface area contributed by atoms with Crippen molar-refractivity contribution in [3.8, 4) is 0 Å². The lowest BCUT2D eigenvalue weighted by atomic mass is 9.90. The van der Waals surface area contributed by atoms with Crippen molar-refractivity contribution in [1.82, 2.24) is 10.2 Å². The fraction of sp³-hybridized carbons (Fsp3) is 0.529. The number of fused-ring (bicyclic) bond motifs is 1. The Morgan fingerprint density at radius 1 is 1.20 bits per heavy atom. The van der Waals surface area contributed by atoms with Crippen LogP contribution in [0.4, 0.5) is 0 Å². The van der Waals surface area contributed by atoms with Crippen LogP contribution in [0.25, 0.3) is 10.1 Å². The maximum atomic E-state index is 3.42. The van der Waals surface area contributed by atoms with E-state index >= 15 is 0 Å². The minimum absolute atomic E-state index is 0.738. The molecule has 1 heterocycles. The van der Waals surface area contributed by atoms with Crippen LogP contribution in [-0.4, -0.2) is 31.1 Å². The third-order valence-electron chi connectivity index (χ3n) is 4.71. The van der Waals surface area contributed by atoms with Gasteiger partial charge in [-0.2, -0.15) is 0 Å². The molecule has 0 radical (unpaired) electrons. The Morgan fingerprint density at radius 3 is 2.70 bits per heavy atom. The third kappa shape index (κ3) is 2.90. The van der Waals surface area contributed by atoms with Gasteiger partial charge in [-0.15, -0.1) is 11.3 Å². The Balaban J connectivity index is 1.65. The molecule has 108 valence electrons. The van der Waals surface area contributed by atoms with Crippen LogP contribution >= 0.6 is 11.3 Å². The van der Waals surface area contributed by atoms with Crippen molar-refractivity contribution in [2.75, 3.05) is 14.1 Å². The lowest BCUT2D eigenvalue weighted by Gasteiger charge is -2.34. The van der Waals surface area contributed by atoms with Crippen LogP contribution in [-0.2, 0) is 6.54 Å². The molecule has 0 amide bonds. The van der Waals surface area contributed by atoms with Gasteiger partial charge in [-0.05, 0) is 62.2 Å². The molecule has 20 heavy (non-hydrogen) atoms. The van der Waals surface area contributed by atoms with Crippen molar-refractivity contribution >= 4 is 21.4 Å². The van der Waals surface area contributed by atoms with Gasteiger partial charge in [-0.3, -0.25) is 4.90 Å². The standard InChI is InChI=1S/C17H24N2S/c1-18-14-7-9-15(10-8-14)19(2)11-13-12-20-17-6-4-3-5-16(13)17/h3-6,12,14-15,18H,7-11H2,1-2H3. The summed E-state index contributed by atoms with van der Waals surface area (Å²) in [5.41, 5.74) is 1.49. The SMILES string of the molecule is CNC1CCC(N(C)Cc2csc3ccccc23)CC1. The molecule has 1 N–H and O–H groups in total. The zero-order valence-corrected chi connectivity index (χ0v) is 13.2. The van der Waals surface area contributed by atoms with Crippen molar-refractivity contribution in [3.63, 3.8) is 0 Å². The molecule has 1 aromatic carbocycles. The van der Waals surface area contributed by atoms with Gasteiger partial charge in [0, 0.05) is 23.3 Å². The molecular formula is C17H24N2S. The van der Waals surface area contributed by atoms with Crippen molar-refractivity contribution in [1.29, 1.82) is 0 Å². The number of benzene rings is 1. The molecule has 0 saturated heterocycles. The second-order valence-corrected chi connectivity index (χ2v) is 6.88. The van der Waals surface area contributed by atoms with Crippen LogP contribution < -0.4 is 5.32 Å². The van der Waals surface area contributed by atoms with Gasteiger partial charge < -0.3 is 5.32 Å². The molecule has 1 aliphatic rings. The van der Waals surface area contributed by atoms with Crippen LogP contribution in [0, 0.1) is 0 Å². The van der Waals surface area contributed by atoms with E-state index in [1.807, 2.05) is 11.3 Å². The van der Waals surface area contributed by atoms with Gasteiger partial charge in [0.25, 0.3) is 0 Å². The fourth-order valence-corrected chi connectivity index (χ4v) is 4.31. The van der Waals surface area contributed by atoms with Crippen LogP contribution in [0.1, 0.15) is 31.2 Å². The lowest BCUT2D eigenvalue weighted by molar-refractivity contribution is 0.170. The highest BCUT2D eigenvalue weighted by molar-refractivity contribution is 7.17. The van der Waals surface area contributed by atoms with Gasteiger partial charge in [0.1, 0.15) is 0 Å². The first-order valence-corrected chi connectivity index (χ1v) is 8.48. The highest BCUT2D eigenvalue weighted by atomic mass is 32.1. The molecule has 0 atom stereocenters. The smallest absolute Gasteiger partial charge is 0.0346 e. The van der Waals surface area contributed by atoms with E-state index < -0.39 is 0 Å². The molecule has 0 bridgehead atoms. The minimum atomic E-state index is 0.738. The lowest BCUT2D eigenvalue weighted by Crippen LogP contribution is -2.39. The maximum Gasteiger partial charge on any atom is 0.0346 e. The molecule has 0 aliphatic heterocycles. The molecule has 1 saturated carbocycles. The summed E-state index contributed by atoms with van der Waals surface area (Å²) in [6, 6.07) is 10.2. The third-order valence-corrected chi connectivity index (χ3v) is 5.72. The summed E-state index contributed by atoms with van der Waals surface area (Å²) in [5, 5.41) is 7.19. The van der Waals surface area contributed by atoms with E-state index in [1.165, 1.54) is 41.3 Å². The number of rotatable bonds is 4. The molecule has 2 nitrogen and oxygen atoms in total. The fourth-order valence-electron chi connectivity index (χ4n) is 3.36. The topological polar surface area (TPSA) is 15.3 Å². The normalized spacial score (nSPS) is 23.6. The molecule has 1 fully saturated rings. The molecule has 1 aliphatic carbocycles. The van der Waals surface area contributed by atoms with Gasteiger partial charge in [0.05, 0.1) is 0 Å². The van der Waals surface area contributed by atoms with E-state index in [0.29, 0.717) is 0 Å². The summed E-state index contributed by atoms with van der Waals surface area (Å²) < 4.78 is 1.41. The van der Waals surface area contributed by atoms with Gasteiger partial charge in [-0.1, -0.05) is 18.2 Å². The molecule has 0 spiro atoms. The second-order valence-electron chi connectivity index (χ2n) is 5.97. The second kappa shape index (κ2) is 6.25. The Labute approximate surface area is 125 Å². The molecule has 0 unspecified atom stereocenters. The van der Waals surface area contributed by atoms with E-state index in [1.54, 1.807) is 0 Å². The number of hydrogen-bond acceptors (Lipinski definition) is 3. The van der Waals surface area contributed by atoms with Crippen LogP contribution in [0.15, 0.2) is 29.6 Å². The number of nitrogens with one attached hydrogen (secondary N) is 1. The largest absolute Gasteiger partial charge is 0.317 e. The number of nitrogens with zero attached hydrogens (tertiary/aromatic N) is 1. The van der Waals surface area contributed by atoms with E-state index in [0.717, 1.165) is 18.6 Å². The van der Waals surface area contributed by atoms with Crippen LogP contribution in [0.2, 0.25) is 0 Å². The van der Waals surface area contributed by atoms with Gasteiger partial charge in [0.15, 0.2) is 0 Å². The van der Waals surface area contributed by atoms with Gasteiger partial charge in [-0.25, -0.2) is 0 Å². The van der Waals surface area contributed by atoms with Gasteiger partial charge >= 0.3 is 0 Å². The van der Waals surface area contributed by atoms with Crippen molar-refractivity contribution in [3.05, 3.63) is 35.2 Å². The van der Waals surface area contributed by atoms with E-state index in [4.69, 9.17) is 0 Å².